The number of para-hydroxylation sites is 1. The second-order valence-electron chi connectivity index (χ2n) is 5.21. The summed E-state index contributed by atoms with van der Waals surface area (Å²) in [6.07, 6.45) is 1.14. The molecule has 0 fully saturated rings. The lowest BCUT2D eigenvalue weighted by molar-refractivity contribution is -0.116. The van der Waals surface area contributed by atoms with E-state index in [2.05, 4.69) is 5.32 Å². The number of hydrogen-bond acceptors (Lipinski definition) is 3. The van der Waals surface area contributed by atoms with Crippen LogP contribution in [0.5, 0.6) is 0 Å². The quantitative estimate of drug-likeness (QED) is 0.842. The maximum Gasteiger partial charge on any atom is 0.253 e. The minimum atomic E-state index is -0.892. The summed E-state index contributed by atoms with van der Waals surface area (Å²) in [7, 11) is 1.63. The Labute approximate surface area is 126 Å². The van der Waals surface area contributed by atoms with Crippen molar-refractivity contribution in [1.82, 2.24) is 5.32 Å². The van der Waals surface area contributed by atoms with Crippen LogP contribution >= 0.6 is 0 Å². The van der Waals surface area contributed by atoms with Gasteiger partial charge in [-0.15, -0.1) is 0 Å². The van der Waals surface area contributed by atoms with Crippen LogP contribution < -0.4 is 10.2 Å². The molecular formula is C16H24N2O3. The molecule has 1 rings (SSSR count). The number of nitrogens with zero attached hydrogens (tertiary/aromatic N) is 1. The van der Waals surface area contributed by atoms with Crippen LogP contribution in [0.4, 0.5) is 5.69 Å². The molecule has 0 saturated carbocycles. The second-order valence-corrected chi connectivity index (χ2v) is 5.21. The maximum absolute atomic E-state index is 12.3. The fourth-order valence-corrected chi connectivity index (χ4v) is 1.97. The molecule has 0 radical (unpaired) electrons. The molecule has 2 amide bonds. The van der Waals surface area contributed by atoms with Gasteiger partial charge in [0.15, 0.2) is 0 Å². The molecule has 0 heterocycles. The van der Waals surface area contributed by atoms with Crippen molar-refractivity contribution in [1.29, 1.82) is 0 Å². The van der Waals surface area contributed by atoms with Gasteiger partial charge in [-0.25, -0.2) is 0 Å². The van der Waals surface area contributed by atoms with Crippen molar-refractivity contribution >= 4 is 17.5 Å². The van der Waals surface area contributed by atoms with Crippen LogP contribution in [0.15, 0.2) is 24.3 Å². The van der Waals surface area contributed by atoms with Gasteiger partial charge in [0.2, 0.25) is 5.91 Å². The predicted octanol–water partition coefficient (Wildman–Crippen LogP) is 1.95. The third-order valence-corrected chi connectivity index (χ3v) is 3.88. The minimum Gasteiger partial charge on any atom is -0.388 e. The summed E-state index contributed by atoms with van der Waals surface area (Å²) in [5.41, 5.74) is 0.0839. The van der Waals surface area contributed by atoms with Crippen molar-refractivity contribution in [3.8, 4) is 0 Å². The average Bonchev–Trinajstić information content (AvgIpc) is 2.51. The van der Waals surface area contributed by atoms with Crippen LogP contribution in [0, 0.1) is 0 Å². The highest BCUT2D eigenvalue weighted by atomic mass is 16.3. The van der Waals surface area contributed by atoms with E-state index >= 15 is 0 Å². The van der Waals surface area contributed by atoms with Crippen LogP contribution in [0.1, 0.15) is 44.0 Å². The number of carbonyl (C=O) groups is 2. The lowest BCUT2D eigenvalue weighted by Gasteiger charge is -2.26. The smallest absolute Gasteiger partial charge is 0.253 e. The molecular weight excluding hydrogens is 268 g/mol. The Balaban J connectivity index is 2.91. The van der Waals surface area contributed by atoms with E-state index in [-0.39, 0.29) is 18.4 Å². The largest absolute Gasteiger partial charge is 0.388 e. The lowest BCUT2D eigenvalue weighted by atomic mass is 9.97. The zero-order valence-electron chi connectivity index (χ0n) is 13.1. The van der Waals surface area contributed by atoms with Crippen molar-refractivity contribution in [2.45, 2.75) is 39.2 Å². The Hall–Kier alpha value is -1.88. The fourth-order valence-electron chi connectivity index (χ4n) is 1.97. The van der Waals surface area contributed by atoms with Gasteiger partial charge in [-0.1, -0.05) is 26.0 Å². The minimum absolute atomic E-state index is 0.145. The highest BCUT2D eigenvalue weighted by Crippen LogP contribution is 2.20. The molecule has 0 aliphatic rings. The summed E-state index contributed by atoms with van der Waals surface area (Å²) in [5, 5.41) is 13.0. The van der Waals surface area contributed by atoms with E-state index < -0.39 is 5.60 Å². The summed E-state index contributed by atoms with van der Waals surface area (Å²) in [4.78, 5) is 25.2. The average molecular weight is 292 g/mol. The number of rotatable bonds is 6. The molecule has 0 aliphatic carbocycles. The number of nitrogens with one attached hydrogen (secondary N) is 1. The molecule has 1 aromatic rings. The van der Waals surface area contributed by atoms with Crippen molar-refractivity contribution in [2.75, 3.05) is 18.5 Å². The van der Waals surface area contributed by atoms with E-state index in [1.165, 1.54) is 11.8 Å². The highest BCUT2D eigenvalue weighted by molar-refractivity contribution is 6.04. The van der Waals surface area contributed by atoms with E-state index in [0.29, 0.717) is 24.1 Å². The van der Waals surface area contributed by atoms with Gasteiger partial charge in [-0.05, 0) is 25.0 Å². The van der Waals surface area contributed by atoms with E-state index in [9.17, 15) is 14.7 Å². The van der Waals surface area contributed by atoms with Gasteiger partial charge >= 0.3 is 0 Å². The molecule has 0 aromatic heterocycles. The van der Waals surface area contributed by atoms with Crippen LogP contribution in [0.25, 0.3) is 0 Å². The third kappa shape index (κ3) is 4.29. The van der Waals surface area contributed by atoms with Gasteiger partial charge in [0.05, 0.1) is 16.9 Å². The van der Waals surface area contributed by atoms with Gasteiger partial charge in [0.1, 0.15) is 0 Å². The predicted molar refractivity (Wildman–Crippen MR) is 83.4 cm³/mol. The molecule has 0 unspecified atom stereocenters. The molecule has 21 heavy (non-hydrogen) atoms. The highest BCUT2D eigenvalue weighted by Gasteiger charge is 2.24. The van der Waals surface area contributed by atoms with Crippen molar-refractivity contribution in [3.63, 3.8) is 0 Å². The number of anilines is 1. The zero-order chi connectivity index (χ0) is 16.0. The van der Waals surface area contributed by atoms with E-state index in [1.54, 1.807) is 31.3 Å². The molecule has 2 N–H and O–H groups in total. The second kappa shape index (κ2) is 7.22. The summed E-state index contributed by atoms with van der Waals surface area (Å²) < 4.78 is 0. The summed E-state index contributed by atoms with van der Waals surface area (Å²) in [6.45, 7) is 5.40. The van der Waals surface area contributed by atoms with Gasteiger partial charge in [-0.3, -0.25) is 9.59 Å². The molecule has 116 valence electrons. The Morgan fingerprint density at radius 2 is 1.81 bits per heavy atom. The molecule has 5 heteroatoms. The van der Waals surface area contributed by atoms with E-state index in [0.717, 1.165) is 0 Å². The first-order valence-electron chi connectivity index (χ1n) is 7.18. The van der Waals surface area contributed by atoms with Crippen LogP contribution in [0.2, 0.25) is 0 Å². The standard InChI is InChI=1S/C16H24N2O3/c1-5-16(21,6-2)11-17-15(20)13-9-7-8-10-14(13)18(4)12(3)19/h7-10,21H,5-6,11H2,1-4H3,(H,17,20). The Bertz CT molecular complexity index is 510. The van der Waals surface area contributed by atoms with Gasteiger partial charge in [-0.2, -0.15) is 0 Å². The van der Waals surface area contributed by atoms with Crippen molar-refractivity contribution in [3.05, 3.63) is 29.8 Å². The number of amides is 2. The van der Waals surface area contributed by atoms with Gasteiger partial charge < -0.3 is 15.3 Å². The first kappa shape index (κ1) is 17.2. The molecule has 0 spiro atoms. The SMILES string of the molecule is CCC(O)(CC)CNC(=O)c1ccccc1N(C)C(C)=O. The van der Waals surface area contributed by atoms with Crippen LogP contribution in [-0.4, -0.2) is 36.1 Å². The Morgan fingerprint density at radius 3 is 2.33 bits per heavy atom. The number of carbonyl (C=O) groups excluding carboxylic acids is 2. The molecule has 0 aliphatic heterocycles. The van der Waals surface area contributed by atoms with E-state index in [1.807, 2.05) is 13.8 Å². The monoisotopic (exact) mass is 292 g/mol. The molecule has 0 bridgehead atoms. The first-order chi connectivity index (χ1) is 9.84. The molecule has 1 aromatic carbocycles. The van der Waals surface area contributed by atoms with Crippen molar-refractivity contribution in [2.24, 2.45) is 0 Å². The summed E-state index contributed by atoms with van der Waals surface area (Å²) in [5.74, 6) is -0.437. The maximum atomic E-state index is 12.3. The third-order valence-electron chi connectivity index (χ3n) is 3.88. The molecule has 0 atom stereocenters. The summed E-state index contributed by atoms with van der Waals surface area (Å²) >= 11 is 0. The van der Waals surface area contributed by atoms with Gasteiger partial charge in [0, 0.05) is 20.5 Å². The normalized spacial score (nSPS) is 11.1. The van der Waals surface area contributed by atoms with E-state index in [4.69, 9.17) is 0 Å². The zero-order valence-corrected chi connectivity index (χ0v) is 13.1. The first-order valence-corrected chi connectivity index (χ1v) is 7.18. The molecule has 5 nitrogen and oxygen atoms in total. The topological polar surface area (TPSA) is 69.6 Å². The number of aliphatic hydroxyl groups is 1. The van der Waals surface area contributed by atoms with Crippen LogP contribution in [0.3, 0.4) is 0 Å². The van der Waals surface area contributed by atoms with Gasteiger partial charge in [0.25, 0.3) is 5.91 Å². The fraction of sp³-hybridized carbons (Fsp3) is 0.500. The Kier molecular flexibility index (Phi) is 5.90. The summed E-state index contributed by atoms with van der Waals surface area (Å²) in [6, 6.07) is 6.92. The molecule has 0 saturated heterocycles. The Morgan fingerprint density at radius 1 is 1.24 bits per heavy atom. The number of hydrogen-bond donors (Lipinski definition) is 2. The lowest BCUT2D eigenvalue weighted by Crippen LogP contribution is -2.42. The number of benzene rings is 1. The van der Waals surface area contributed by atoms with Crippen LogP contribution in [-0.2, 0) is 4.79 Å². The van der Waals surface area contributed by atoms with Crippen molar-refractivity contribution < 1.29 is 14.7 Å².